The number of rotatable bonds is 5. The zero-order valence-corrected chi connectivity index (χ0v) is 16.6. The molecule has 0 spiro atoms. The Morgan fingerprint density at radius 2 is 2.00 bits per heavy atom. The van der Waals surface area contributed by atoms with Crippen molar-refractivity contribution in [3.8, 4) is 0 Å². The number of amides is 2. The van der Waals surface area contributed by atoms with Gasteiger partial charge in [0.05, 0.1) is 22.5 Å². The van der Waals surface area contributed by atoms with Gasteiger partial charge in [0.25, 0.3) is 0 Å². The summed E-state index contributed by atoms with van der Waals surface area (Å²) in [5, 5.41) is 11.1. The van der Waals surface area contributed by atoms with Crippen LogP contribution in [0, 0.1) is 12.8 Å². The molecule has 1 aliphatic heterocycles. The van der Waals surface area contributed by atoms with E-state index >= 15 is 0 Å². The number of hydrogen-bond acceptors (Lipinski definition) is 4. The summed E-state index contributed by atoms with van der Waals surface area (Å²) in [6, 6.07) is 15.6. The Kier molecular flexibility index (Phi) is 4.46. The Labute approximate surface area is 172 Å². The van der Waals surface area contributed by atoms with Crippen LogP contribution in [0.3, 0.4) is 0 Å². The van der Waals surface area contributed by atoms with Gasteiger partial charge in [-0.05, 0) is 31.2 Å². The number of anilines is 1. The maximum absolute atomic E-state index is 12.7. The zero-order valence-electron chi connectivity index (χ0n) is 16.6. The highest BCUT2D eigenvalue weighted by atomic mass is 16.2. The third kappa shape index (κ3) is 3.10. The molecule has 2 aromatic carbocycles. The molecule has 3 heterocycles. The largest absolute Gasteiger partial charge is 0.354 e. The summed E-state index contributed by atoms with van der Waals surface area (Å²) >= 11 is 0. The molecule has 30 heavy (non-hydrogen) atoms. The summed E-state index contributed by atoms with van der Waals surface area (Å²) in [5.74, 6) is 0.940. The molecule has 0 bridgehead atoms. The molecule has 2 aromatic heterocycles. The van der Waals surface area contributed by atoms with Crippen LogP contribution >= 0.6 is 0 Å². The number of imidazole rings is 1. The molecule has 2 amide bonds. The quantitative estimate of drug-likeness (QED) is 0.536. The number of nitrogens with one attached hydrogen (secondary N) is 2. The lowest BCUT2D eigenvalue weighted by Gasteiger charge is -2.14. The Hall–Kier alpha value is -3.68. The summed E-state index contributed by atoms with van der Waals surface area (Å²) in [5.41, 5.74) is 2.87. The van der Waals surface area contributed by atoms with E-state index in [-0.39, 0.29) is 24.2 Å². The minimum atomic E-state index is -0.381. The molecule has 4 aromatic rings. The molecule has 1 atom stereocenters. The summed E-state index contributed by atoms with van der Waals surface area (Å²) < 4.78 is 2.09. The van der Waals surface area contributed by atoms with Crippen LogP contribution in [0.25, 0.3) is 21.9 Å². The van der Waals surface area contributed by atoms with E-state index in [0.29, 0.717) is 25.5 Å². The molecule has 0 saturated carbocycles. The lowest BCUT2D eigenvalue weighted by molar-refractivity contribution is -0.126. The molecule has 1 fully saturated rings. The highest BCUT2D eigenvalue weighted by Gasteiger charge is 2.36. The molecular formula is C22H22N6O2. The van der Waals surface area contributed by atoms with E-state index in [9.17, 15) is 9.59 Å². The number of aryl methyl sites for hydroxylation is 1. The molecule has 152 valence electrons. The first-order chi connectivity index (χ1) is 14.6. The number of carbonyl (C=O) groups excluding carboxylic acids is 2. The molecule has 1 saturated heterocycles. The standard InChI is InChI=1S/C22H22N6O2/c1-14-24-18-8-4-5-9-19(18)27(14)11-10-23-22(30)15-12-20(29)28(13-15)21-16-6-2-3-7-17(16)25-26-21/h2-9,15H,10-13H2,1H3,(H,23,30)(H,25,26)/t15-/m0/s1. The van der Waals surface area contributed by atoms with E-state index < -0.39 is 0 Å². The number of aromatic amines is 1. The highest BCUT2D eigenvalue weighted by Crippen LogP contribution is 2.29. The van der Waals surface area contributed by atoms with Gasteiger partial charge in [0.2, 0.25) is 11.8 Å². The number of H-pyrrole nitrogens is 1. The SMILES string of the molecule is Cc1nc2ccccc2n1CCNC(=O)[C@H]1CC(=O)N(c2n[nH]c3ccccc23)C1. The van der Waals surface area contributed by atoms with Crippen molar-refractivity contribution in [1.29, 1.82) is 0 Å². The third-order valence-corrected chi connectivity index (χ3v) is 5.68. The average molecular weight is 402 g/mol. The fourth-order valence-electron chi connectivity index (χ4n) is 4.16. The molecule has 1 aliphatic rings. The van der Waals surface area contributed by atoms with Crippen molar-refractivity contribution in [3.05, 3.63) is 54.4 Å². The zero-order chi connectivity index (χ0) is 20.7. The van der Waals surface area contributed by atoms with E-state index in [1.807, 2.05) is 55.5 Å². The van der Waals surface area contributed by atoms with Crippen molar-refractivity contribution in [2.45, 2.75) is 19.9 Å². The van der Waals surface area contributed by atoms with Gasteiger partial charge in [0.15, 0.2) is 5.82 Å². The van der Waals surface area contributed by atoms with Gasteiger partial charge in [-0.25, -0.2) is 4.98 Å². The van der Waals surface area contributed by atoms with Crippen LogP contribution < -0.4 is 10.2 Å². The topological polar surface area (TPSA) is 95.9 Å². The lowest BCUT2D eigenvalue weighted by atomic mass is 10.1. The Balaban J connectivity index is 1.24. The smallest absolute Gasteiger partial charge is 0.229 e. The summed E-state index contributed by atoms with van der Waals surface area (Å²) in [7, 11) is 0. The van der Waals surface area contributed by atoms with Gasteiger partial charge >= 0.3 is 0 Å². The molecule has 5 rings (SSSR count). The maximum Gasteiger partial charge on any atom is 0.229 e. The van der Waals surface area contributed by atoms with Crippen LogP contribution in [0.1, 0.15) is 12.2 Å². The Bertz CT molecular complexity index is 1260. The second-order valence-corrected chi connectivity index (χ2v) is 7.59. The molecule has 2 N–H and O–H groups in total. The second-order valence-electron chi connectivity index (χ2n) is 7.59. The van der Waals surface area contributed by atoms with E-state index in [4.69, 9.17) is 0 Å². The van der Waals surface area contributed by atoms with Crippen LogP contribution in [0.4, 0.5) is 5.82 Å². The Morgan fingerprint density at radius 3 is 2.90 bits per heavy atom. The van der Waals surface area contributed by atoms with Crippen LogP contribution in [-0.2, 0) is 16.1 Å². The predicted molar refractivity (Wildman–Crippen MR) is 114 cm³/mol. The van der Waals surface area contributed by atoms with Gasteiger partial charge in [-0.15, -0.1) is 0 Å². The van der Waals surface area contributed by atoms with Gasteiger partial charge in [-0.2, -0.15) is 5.10 Å². The number of hydrogen-bond donors (Lipinski definition) is 2. The van der Waals surface area contributed by atoms with Gasteiger partial charge in [0, 0.05) is 31.4 Å². The lowest BCUT2D eigenvalue weighted by Crippen LogP contribution is -2.35. The number of nitrogens with zero attached hydrogens (tertiary/aromatic N) is 4. The number of aromatic nitrogens is 4. The molecule has 0 radical (unpaired) electrons. The van der Waals surface area contributed by atoms with Crippen LogP contribution in [-0.4, -0.2) is 44.7 Å². The fourth-order valence-corrected chi connectivity index (χ4v) is 4.16. The third-order valence-electron chi connectivity index (χ3n) is 5.68. The van der Waals surface area contributed by atoms with Crippen LogP contribution in [0.15, 0.2) is 48.5 Å². The molecule has 8 nitrogen and oxygen atoms in total. The van der Waals surface area contributed by atoms with E-state index in [1.165, 1.54) is 0 Å². The average Bonchev–Trinajstić information content (AvgIpc) is 3.43. The number of fused-ring (bicyclic) bond motifs is 2. The van der Waals surface area contributed by atoms with E-state index in [0.717, 1.165) is 27.8 Å². The number of benzene rings is 2. The monoisotopic (exact) mass is 402 g/mol. The minimum absolute atomic E-state index is 0.0798. The number of carbonyl (C=O) groups is 2. The first-order valence-electron chi connectivity index (χ1n) is 10.0. The summed E-state index contributed by atoms with van der Waals surface area (Å²) in [4.78, 5) is 31.4. The van der Waals surface area contributed by atoms with Crippen molar-refractivity contribution in [1.82, 2.24) is 25.1 Å². The molecular weight excluding hydrogens is 380 g/mol. The Morgan fingerprint density at radius 1 is 1.20 bits per heavy atom. The van der Waals surface area contributed by atoms with Crippen LogP contribution in [0.5, 0.6) is 0 Å². The second kappa shape index (κ2) is 7.29. The van der Waals surface area contributed by atoms with E-state index in [2.05, 4.69) is 25.1 Å². The predicted octanol–water partition coefficient (Wildman–Crippen LogP) is 2.39. The van der Waals surface area contributed by atoms with Crippen LogP contribution in [0.2, 0.25) is 0 Å². The minimum Gasteiger partial charge on any atom is -0.354 e. The first-order valence-corrected chi connectivity index (χ1v) is 10.0. The van der Waals surface area contributed by atoms with Crippen molar-refractivity contribution in [2.75, 3.05) is 18.0 Å². The number of para-hydroxylation sites is 3. The maximum atomic E-state index is 12.7. The van der Waals surface area contributed by atoms with Crippen molar-refractivity contribution in [2.24, 2.45) is 5.92 Å². The van der Waals surface area contributed by atoms with Crippen molar-refractivity contribution >= 4 is 39.6 Å². The summed E-state index contributed by atoms with van der Waals surface area (Å²) in [6.07, 6.45) is 0.194. The van der Waals surface area contributed by atoms with Gasteiger partial charge in [0.1, 0.15) is 5.82 Å². The van der Waals surface area contributed by atoms with Gasteiger partial charge in [-0.3, -0.25) is 19.6 Å². The summed E-state index contributed by atoms with van der Waals surface area (Å²) in [6.45, 7) is 3.42. The van der Waals surface area contributed by atoms with E-state index in [1.54, 1.807) is 4.90 Å². The van der Waals surface area contributed by atoms with Gasteiger partial charge < -0.3 is 9.88 Å². The molecule has 0 aliphatic carbocycles. The van der Waals surface area contributed by atoms with Crippen molar-refractivity contribution in [3.63, 3.8) is 0 Å². The highest BCUT2D eigenvalue weighted by molar-refractivity contribution is 6.05. The van der Waals surface area contributed by atoms with Gasteiger partial charge in [-0.1, -0.05) is 24.3 Å². The molecule has 0 unspecified atom stereocenters. The normalized spacial score (nSPS) is 16.6. The molecule has 8 heteroatoms. The fraction of sp³-hybridized carbons (Fsp3) is 0.273. The first kappa shape index (κ1) is 18.4. The van der Waals surface area contributed by atoms with Crippen molar-refractivity contribution < 1.29 is 9.59 Å².